The van der Waals surface area contributed by atoms with Crippen LogP contribution >= 0.6 is 11.8 Å². The molecule has 0 bridgehead atoms. The third-order valence-corrected chi connectivity index (χ3v) is 3.78. The molecule has 0 atom stereocenters. The monoisotopic (exact) mass is 274 g/mol. The van der Waals surface area contributed by atoms with E-state index in [1.165, 1.54) is 57.5 Å². The number of hydrogen-bond donors (Lipinski definition) is 1. The van der Waals surface area contributed by atoms with Crippen LogP contribution in [0, 0.1) is 5.92 Å². The predicted octanol–water partition coefficient (Wildman–Crippen LogP) is 3.48. The van der Waals surface area contributed by atoms with Crippen LogP contribution in [0.1, 0.15) is 46.0 Å². The molecular formula is C15H34N2S. The van der Waals surface area contributed by atoms with Gasteiger partial charge in [-0.05, 0) is 70.4 Å². The number of nitrogens with zero attached hydrogens (tertiary/aromatic N) is 1. The minimum Gasteiger partial charge on any atom is -0.316 e. The SMILES string of the molecule is CSCCCN(C)CCCCCCNCC(C)C. The lowest BCUT2D eigenvalue weighted by molar-refractivity contribution is 0.325. The number of nitrogens with one attached hydrogen (secondary N) is 1. The van der Waals surface area contributed by atoms with Gasteiger partial charge in [-0.25, -0.2) is 0 Å². The average Bonchev–Trinajstić information content (AvgIpc) is 2.32. The molecule has 0 heterocycles. The van der Waals surface area contributed by atoms with Crippen molar-refractivity contribution in [2.24, 2.45) is 5.92 Å². The molecule has 18 heavy (non-hydrogen) atoms. The summed E-state index contributed by atoms with van der Waals surface area (Å²) in [5, 5.41) is 3.51. The Bertz CT molecular complexity index is 163. The van der Waals surface area contributed by atoms with E-state index in [4.69, 9.17) is 0 Å². The van der Waals surface area contributed by atoms with Crippen molar-refractivity contribution >= 4 is 11.8 Å². The van der Waals surface area contributed by atoms with E-state index in [-0.39, 0.29) is 0 Å². The number of rotatable bonds is 13. The summed E-state index contributed by atoms with van der Waals surface area (Å²) in [6, 6.07) is 0. The normalized spacial score (nSPS) is 11.7. The maximum atomic E-state index is 3.51. The van der Waals surface area contributed by atoms with Gasteiger partial charge in [0.2, 0.25) is 0 Å². The Kier molecular flexibility index (Phi) is 13.9. The summed E-state index contributed by atoms with van der Waals surface area (Å²) in [6.07, 6.45) is 8.98. The zero-order valence-electron chi connectivity index (χ0n) is 13.0. The lowest BCUT2D eigenvalue weighted by Gasteiger charge is -2.15. The maximum Gasteiger partial charge on any atom is -0.00139 e. The van der Waals surface area contributed by atoms with Crippen molar-refractivity contribution in [3.05, 3.63) is 0 Å². The first kappa shape index (κ1) is 18.3. The van der Waals surface area contributed by atoms with Crippen molar-refractivity contribution in [1.29, 1.82) is 0 Å². The van der Waals surface area contributed by atoms with E-state index in [1.54, 1.807) is 0 Å². The fraction of sp³-hybridized carbons (Fsp3) is 1.00. The van der Waals surface area contributed by atoms with E-state index in [0.717, 1.165) is 12.5 Å². The molecule has 0 saturated carbocycles. The van der Waals surface area contributed by atoms with E-state index in [0.29, 0.717) is 0 Å². The molecule has 0 rings (SSSR count). The smallest absolute Gasteiger partial charge is 0.00139 e. The van der Waals surface area contributed by atoms with E-state index in [9.17, 15) is 0 Å². The van der Waals surface area contributed by atoms with E-state index in [1.807, 2.05) is 11.8 Å². The van der Waals surface area contributed by atoms with Gasteiger partial charge in [-0.2, -0.15) is 11.8 Å². The first-order valence-corrected chi connectivity index (χ1v) is 8.94. The number of unbranched alkanes of at least 4 members (excludes halogenated alkanes) is 3. The summed E-state index contributed by atoms with van der Waals surface area (Å²) in [5.74, 6) is 2.08. The average molecular weight is 275 g/mol. The molecule has 0 unspecified atom stereocenters. The molecule has 1 N–H and O–H groups in total. The van der Waals surface area contributed by atoms with Crippen molar-refractivity contribution < 1.29 is 0 Å². The van der Waals surface area contributed by atoms with Gasteiger partial charge in [-0.15, -0.1) is 0 Å². The van der Waals surface area contributed by atoms with Crippen LogP contribution in [0.4, 0.5) is 0 Å². The lowest BCUT2D eigenvalue weighted by Crippen LogP contribution is -2.22. The minimum atomic E-state index is 0.778. The molecule has 0 spiro atoms. The fourth-order valence-corrected chi connectivity index (χ4v) is 2.38. The first-order valence-electron chi connectivity index (χ1n) is 7.55. The summed E-state index contributed by atoms with van der Waals surface area (Å²) in [5.41, 5.74) is 0. The highest BCUT2D eigenvalue weighted by molar-refractivity contribution is 7.98. The summed E-state index contributed by atoms with van der Waals surface area (Å²) in [4.78, 5) is 2.48. The van der Waals surface area contributed by atoms with Crippen molar-refractivity contribution in [3.8, 4) is 0 Å². The minimum absolute atomic E-state index is 0.778. The fourth-order valence-electron chi connectivity index (χ4n) is 1.97. The lowest BCUT2D eigenvalue weighted by atomic mass is 10.1. The van der Waals surface area contributed by atoms with Gasteiger partial charge >= 0.3 is 0 Å². The third kappa shape index (κ3) is 14.3. The number of hydrogen-bond acceptors (Lipinski definition) is 3. The summed E-state index contributed by atoms with van der Waals surface area (Å²) >= 11 is 1.95. The topological polar surface area (TPSA) is 15.3 Å². The molecule has 110 valence electrons. The van der Waals surface area contributed by atoms with Crippen LogP contribution in [0.15, 0.2) is 0 Å². The van der Waals surface area contributed by atoms with Gasteiger partial charge < -0.3 is 10.2 Å². The van der Waals surface area contributed by atoms with Crippen LogP contribution in [-0.2, 0) is 0 Å². The third-order valence-electron chi connectivity index (χ3n) is 3.08. The molecule has 0 amide bonds. The first-order chi connectivity index (χ1) is 8.66. The highest BCUT2D eigenvalue weighted by Crippen LogP contribution is 2.02. The van der Waals surface area contributed by atoms with Crippen LogP contribution in [0.2, 0.25) is 0 Å². The molecule has 0 fully saturated rings. The van der Waals surface area contributed by atoms with Crippen LogP contribution in [0.25, 0.3) is 0 Å². The molecule has 0 aromatic carbocycles. The molecule has 0 radical (unpaired) electrons. The summed E-state index contributed by atoms with van der Waals surface area (Å²) in [6.45, 7) is 9.42. The highest BCUT2D eigenvalue weighted by atomic mass is 32.2. The molecular weight excluding hydrogens is 240 g/mol. The molecule has 3 heteroatoms. The largest absolute Gasteiger partial charge is 0.316 e. The molecule has 0 aliphatic heterocycles. The molecule has 0 aliphatic carbocycles. The second-order valence-corrected chi connectivity index (χ2v) is 6.65. The Hall–Kier alpha value is 0.270. The zero-order valence-corrected chi connectivity index (χ0v) is 13.8. The predicted molar refractivity (Wildman–Crippen MR) is 86.7 cm³/mol. The van der Waals surface area contributed by atoms with E-state index < -0.39 is 0 Å². The highest BCUT2D eigenvalue weighted by Gasteiger charge is 1.98. The Morgan fingerprint density at radius 3 is 2.33 bits per heavy atom. The van der Waals surface area contributed by atoms with Crippen molar-refractivity contribution in [2.75, 3.05) is 45.2 Å². The van der Waals surface area contributed by atoms with Gasteiger partial charge in [0.05, 0.1) is 0 Å². The van der Waals surface area contributed by atoms with Crippen molar-refractivity contribution in [2.45, 2.75) is 46.0 Å². The maximum absolute atomic E-state index is 3.51. The van der Waals surface area contributed by atoms with E-state index >= 15 is 0 Å². The Labute approximate surface area is 119 Å². The van der Waals surface area contributed by atoms with Crippen molar-refractivity contribution in [1.82, 2.24) is 10.2 Å². The van der Waals surface area contributed by atoms with Crippen LogP contribution in [0.3, 0.4) is 0 Å². The Morgan fingerprint density at radius 1 is 1.00 bits per heavy atom. The van der Waals surface area contributed by atoms with Crippen molar-refractivity contribution in [3.63, 3.8) is 0 Å². The van der Waals surface area contributed by atoms with Crippen LogP contribution in [0.5, 0.6) is 0 Å². The van der Waals surface area contributed by atoms with Gasteiger partial charge in [0.15, 0.2) is 0 Å². The van der Waals surface area contributed by atoms with Gasteiger partial charge in [-0.3, -0.25) is 0 Å². The molecule has 0 saturated heterocycles. The van der Waals surface area contributed by atoms with E-state index in [2.05, 4.69) is 37.4 Å². The quantitative estimate of drug-likeness (QED) is 0.518. The summed E-state index contributed by atoms with van der Waals surface area (Å²) in [7, 11) is 2.25. The van der Waals surface area contributed by atoms with Gasteiger partial charge in [-0.1, -0.05) is 26.7 Å². The second-order valence-electron chi connectivity index (χ2n) is 5.66. The second kappa shape index (κ2) is 13.7. The molecule has 0 aromatic heterocycles. The van der Waals surface area contributed by atoms with Crippen LogP contribution in [-0.4, -0.2) is 50.1 Å². The van der Waals surface area contributed by atoms with Gasteiger partial charge in [0.1, 0.15) is 0 Å². The molecule has 0 aromatic rings. The molecule has 2 nitrogen and oxygen atoms in total. The Balaban J connectivity index is 3.10. The van der Waals surface area contributed by atoms with Crippen LogP contribution < -0.4 is 5.32 Å². The zero-order chi connectivity index (χ0) is 13.6. The van der Waals surface area contributed by atoms with Gasteiger partial charge in [0, 0.05) is 0 Å². The number of thioether (sulfide) groups is 1. The van der Waals surface area contributed by atoms with Gasteiger partial charge in [0.25, 0.3) is 0 Å². The molecule has 0 aliphatic rings. The standard InChI is InChI=1S/C15H34N2S/c1-15(2)14-16-10-7-5-6-8-11-17(3)12-9-13-18-4/h15-16H,5-14H2,1-4H3. The summed E-state index contributed by atoms with van der Waals surface area (Å²) < 4.78 is 0. The Morgan fingerprint density at radius 2 is 1.67 bits per heavy atom.